The molecular formula is C22H26N4O4S. The lowest BCUT2D eigenvalue weighted by molar-refractivity contribution is -0.128. The standard InChI is InChI=1S/C22H26N4O4S/c1-14-15(3-4-16-17(14)13-30-18(16)27)5-9-25-10-6-22(7-11-25)8-12-26(19(22)28)21-23-20(29-2)24-31-21/h3-4H,5-13H2,1-2H3. The fourth-order valence-corrected chi connectivity index (χ4v) is 5.68. The van der Waals surface area contributed by atoms with Crippen molar-refractivity contribution in [3.05, 3.63) is 34.4 Å². The fourth-order valence-electron chi connectivity index (χ4n) is 5.01. The zero-order chi connectivity index (χ0) is 21.6. The summed E-state index contributed by atoms with van der Waals surface area (Å²) >= 11 is 1.22. The number of nitrogens with zero attached hydrogens (tertiary/aromatic N) is 4. The normalized spacial score (nSPS) is 20.4. The summed E-state index contributed by atoms with van der Waals surface area (Å²) in [5.74, 6) is -0.0293. The van der Waals surface area contributed by atoms with Crippen LogP contribution in [0.4, 0.5) is 5.13 Å². The van der Waals surface area contributed by atoms with Crippen LogP contribution >= 0.6 is 11.5 Å². The van der Waals surface area contributed by atoms with Crippen molar-refractivity contribution in [2.75, 3.05) is 38.2 Å². The number of cyclic esters (lactones) is 1. The van der Waals surface area contributed by atoms with Crippen molar-refractivity contribution in [1.29, 1.82) is 0 Å². The highest BCUT2D eigenvalue weighted by Gasteiger charge is 2.49. The van der Waals surface area contributed by atoms with Gasteiger partial charge < -0.3 is 14.4 Å². The zero-order valence-corrected chi connectivity index (χ0v) is 18.7. The van der Waals surface area contributed by atoms with Gasteiger partial charge in [0.05, 0.1) is 18.1 Å². The minimum absolute atomic E-state index is 0.185. The van der Waals surface area contributed by atoms with Crippen molar-refractivity contribution in [2.45, 2.75) is 39.2 Å². The Morgan fingerprint density at radius 1 is 1.19 bits per heavy atom. The molecule has 2 fully saturated rings. The van der Waals surface area contributed by atoms with Gasteiger partial charge in [0, 0.05) is 30.2 Å². The number of hydrogen-bond donors (Lipinski definition) is 0. The van der Waals surface area contributed by atoms with Gasteiger partial charge in [-0.25, -0.2) is 4.79 Å². The smallest absolute Gasteiger partial charge is 0.338 e. The minimum atomic E-state index is -0.267. The van der Waals surface area contributed by atoms with Crippen molar-refractivity contribution in [1.82, 2.24) is 14.3 Å². The first-order valence-corrected chi connectivity index (χ1v) is 11.5. The number of likely N-dealkylation sites (tertiary alicyclic amines) is 1. The Morgan fingerprint density at radius 3 is 2.71 bits per heavy atom. The van der Waals surface area contributed by atoms with Crippen LogP contribution in [0.3, 0.4) is 0 Å². The van der Waals surface area contributed by atoms with Crippen molar-refractivity contribution in [3.8, 4) is 6.01 Å². The predicted molar refractivity (Wildman–Crippen MR) is 116 cm³/mol. The number of carbonyl (C=O) groups excluding carboxylic acids is 2. The highest BCUT2D eigenvalue weighted by molar-refractivity contribution is 7.10. The maximum atomic E-state index is 13.2. The number of carbonyl (C=O) groups is 2. The molecule has 1 aromatic heterocycles. The Hall–Kier alpha value is -2.52. The van der Waals surface area contributed by atoms with Gasteiger partial charge in [0.15, 0.2) is 0 Å². The van der Waals surface area contributed by atoms with Gasteiger partial charge in [-0.3, -0.25) is 9.69 Å². The van der Waals surface area contributed by atoms with Crippen LogP contribution < -0.4 is 9.64 Å². The number of benzene rings is 1. The number of piperidine rings is 1. The number of rotatable bonds is 5. The molecule has 9 heteroatoms. The Labute approximate surface area is 185 Å². The van der Waals surface area contributed by atoms with E-state index in [4.69, 9.17) is 9.47 Å². The molecule has 0 aliphatic carbocycles. The molecule has 4 heterocycles. The first kappa shape index (κ1) is 20.4. The molecule has 0 radical (unpaired) electrons. The van der Waals surface area contributed by atoms with Crippen LogP contribution in [-0.2, 0) is 22.6 Å². The molecule has 0 bridgehead atoms. The molecule has 1 amide bonds. The number of amides is 1. The molecule has 2 saturated heterocycles. The lowest BCUT2D eigenvalue weighted by Crippen LogP contribution is -2.45. The second-order valence-electron chi connectivity index (χ2n) is 8.59. The first-order valence-electron chi connectivity index (χ1n) is 10.7. The van der Waals surface area contributed by atoms with E-state index in [1.807, 2.05) is 6.07 Å². The van der Waals surface area contributed by atoms with Crippen molar-refractivity contribution in [2.24, 2.45) is 5.41 Å². The molecule has 3 aliphatic heterocycles. The summed E-state index contributed by atoms with van der Waals surface area (Å²) in [6.45, 7) is 5.96. The molecule has 8 nitrogen and oxygen atoms in total. The summed E-state index contributed by atoms with van der Waals surface area (Å²) in [7, 11) is 1.53. The maximum Gasteiger partial charge on any atom is 0.338 e. The van der Waals surface area contributed by atoms with Crippen LogP contribution in [-0.4, -0.2) is 59.4 Å². The summed E-state index contributed by atoms with van der Waals surface area (Å²) in [5.41, 5.74) is 3.91. The van der Waals surface area contributed by atoms with E-state index in [9.17, 15) is 9.59 Å². The van der Waals surface area contributed by atoms with Crippen LogP contribution in [0.1, 0.15) is 46.3 Å². The van der Waals surface area contributed by atoms with E-state index < -0.39 is 0 Å². The lowest BCUT2D eigenvalue weighted by Gasteiger charge is -2.37. The lowest BCUT2D eigenvalue weighted by atomic mass is 9.77. The molecule has 0 unspecified atom stereocenters. The Kier molecular flexibility index (Phi) is 5.18. The topological polar surface area (TPSA) is 84.9 Å². The number of fused-ring (bicyclic) bond motifs is 1. The number of ether oxygens (including phenoxy) is 2. The maximum absolute atomic E-state index is 13.2. The third kappa shape index (κ3) is 3.49. The van der Waals surface area contributed by atoms with Gasteiger partial charge in [-0.05, 0) is 62.9 Å². The molecule has 1 aromatic carbocycles. The third-order valence-electron chi connectivity index (χ3n) is 7.11. The Bertz CT molecular complexity index is 1030. The zero-order valence-electron chi connectivity index (χ0n) is 17.8. The van der Waals surface area contributed by atoms with Crippen molar-refractivity contribution < 1.29 is 19.1 Å². The monoisotopic (exact) mass is 442 g/mol. The summed E-state index contributed by atoms with van der Waals surface area (Å²) in [6.07, 6.45) is 3.57. The number of methoxy groups -OCH3 is 1. The average Bonchev–Trinajstić information content (AvgIpc) is 3.48. The van der Waals surface area contributed by atoms with Crippen molar-refractivity contribution >= 4 is 28.5 Å². The van der Waals surface area contributed by atoms with E-state index in [2.05, 4.69) is 27.2 Å². The largest absolute Gasteiger partial charge is 0.466 e. The van der Waals surface area contributed by atoms with E-state index in [1.54, 1.807) is 4.90 Å². The molecule has 5 rings (SSSR count). The number of anilines is 1. The van der Waals surface area contributed by atoms with Crippen LogP contribution in [0.5, 0.6) is 6.01 Å². The van der Waals surface area contributed by atoms with E-state index in [0.29, 0.717) is 29.9 Å². The number of aromatic nitrogens is 2. The van der Waals surface area contributed by atoms with Gasteiger partial charge in [0.2, 0.25) is 11.0 Å². The molecule has 0 saturated carbocycles. The van der Waals surface area contributed by atoms with Gasteiger partial charge in [0.25, 0.3) is 0 Å². The van der Waals surface area contributed by atoms with Crippen molar-refractivity contribution in [3.63, 3.8) is 0 Å². The van der Waals surface area contributed by atoms with Gasteiger partial charge in [-0.15, -0.1) is 4.37 Å². The van der Waals surface area contributed by atoms with E-state index in [1.165, 1.54) is 29.8 Å². The second-order valence-corrected chi connectivity index (χ2v) is 9.32. The van der Waals surface area contributed by atoms with Crippen LogP contribution in [0.15, 0.2) is 12.1 Å². The SMILES string of the molecule is COc1nsc(N2CCC3(CCN(CCc4ccc5c(c4C)COC5=O)CC3)C2=O)n1. The molecule has 1 spiro atoms. The first-order chi connectivity index (χ1) is 15.0. The Morgan fingerprint density at radius 2 is 1.97 bits per heavy atom. The summed E-state index contributed by atoms with van der Waals surface area (Å²) in [4.78, 5) is 33.5. The van der Waals surface area contributed by atoms with Gasteiger partial charge in [-0.2, -0.15) is 4.98 Å². The quantitative estimate of drug-likeness (QED) is 0.658. The number of hydrogen-bond acceptors (Lipinski definition) is 8. The Balaban J connectivity index is 1.19. The van der Waals surface area contributed by atoms with Crippen LogP contribution in [0, 0.1) is 12.3 Å². The molecule has 0 atom stereocenters. The molecular weight excluding hydrogens is 416 g/mol. The van der Waals surface area contributed by atoms with E-state index >= 15 is 0 Å². The minimum Gasteiger partial charge on any atom is -0.466 e. The third-order valence-corrected chi connectivity index (χ3v) is 7.83. The van der Waals surface area contributed by atoms with Gasteiger partial charge in [-0.1, -0.05) is 6.07 Å². The molecule has 3 aliphatic rings. The molecule has 0 N–H and O–H groups in total. The molecule has 2 aromatic rings. The molecule has 164 valence electrons. The number of esters is 1. The average molecular weight is 443 g/mol. The molecule has 31 heavy (non-hydrogen) atoms. The van der Waals surface area contributed by atoms with Crippen LogP contribution in [0.2, 0.25) is 0 Å². The van der Waals surface area contributed by atoms with E-state index in [-0.39, 0.29) is 17.3 Å². The van der Waals surface area contributed by atoms with Gasteiger partial charge >= 0.3 is 12.0 Å². The summed E-state index contributed by atoms with van der Waals surface area (Å²) in [5, 5.41) is 0.635. The van der Waals surface area contributed by atoms with E-state index in [0.717, 1.165) is 50.9 Å². The fraction of sp³-hybridized carbons (Fsp3) is 0.545. The van der Waals surface area contributed by atoms with Crippen LogP contribution in [0.25, 0.3) is 0 Å². The predicted octanol–water partition coefficient (Wildman–Crippen LogP) is 2.59. The summed E-state index contributed by atoms with van der Waals surface area (Å²) < 4.78 is 14.4. The second kappa shape index (κ2) is 7.87. The van der Waals surface area contributed by atoms with Gasteiger partial charge in [0.1, 0.15) is 6.61 Å². The highest BCUT2D eigenvalue weighted by atomic mass is 32.1. The summed E-state index contributed by atoms with van der Waals surface area (Å²) in [6, 6.07) is 4.27. The highest BCUT2D eigenvalue weighted by Crippen LogP contribution is 2.43.